The molecule has 4 nitrogen and oxygen atoms in total. The number of nitrogens with zero attached hydrogens (tertiary/aromatic N) is 1. The first kappa shape index (κ1) is 14.8. The van der Waals surface area contributed by atoms with Crippen LogP contribution in [0.25, 0.3) is 0 Å². The minimum absolute atomic E-state index is 0.0715. The van der Waals surface area contributed by atoms with Gasteiger partial charge in [-0.05, 0) is 18.2 Å². The van der Waals surface area contributed by atoms with Crippen molar-refractivity contribution in [1.29, 1.82) is 0 Å². The Bertz CT molecular complexity index is 463. The highest BCUT2D eigenvalue weighted by molar-refractivity contribution is 6.35. The molecular weight excluding hydrogens is 277 g/mol. The second-order valence-electron chi connectivity index (χ2n) is 3.64. The van der Waals surface area contributed by atoms with Crippen LogP contribution >= 0.6 is 23.2 Å². The van der Waals surface area contributed by atoms with E-state index in [2.05, 4.69) is 0 Å². The maximum absolute atomic E-state index is 11.8. The number of carbonyl (C=O) groups is 2. The van der Waals surface area contributed by atoms with E-state index < -0.39 is 5.97 Å². The zero-order valence-corrected chi connectivity index (χ0v) is 11.3. The quantitative estimate of drug-likeness (QED) is 0.905. The van der Waals surface area contributed by atoms with Gasteiger partial charge in [0.25, 0.3) is 0 Å². The van der Waals surface area contributed by atoms with Crippen molar-refractivity contribution in [2.45, 2.75) is 19.8 Å². The molecule has 1 amide bonds. The number of aliphatic carboxylic acids is 1. The highest BCUT2D eigenvalue weighted by Gasteiger charge is 2.18. The van der Waals surface area contributed by atoms with E-state index in [0.717, 1.165) is 0 Å². The van der Waals surface area contributed by atoms with Crippen LogP contribution < -0.4 is 4.90 Å². The molecule has 18 heavy (non-hydrogen) atoms. The molecule has 0 aliphatic heterocycles. The first-order chi connectivity index (χ1) is 8.45. The monoisotopic (exact) mass is 289 g/mol. The zero-order chi connectivity index (χ0) is 13.7. The summed E-state index contributed by atoms with van der Waals surface area (Å²) in [5, 5.41) is 9.50. The fraction of sp³-hybridized carbons (Fsp3) is 0.333. The molecule has 0 fully saturated rings. The fourth-order valence-corrected chi connectivity index (χ4v) is 1.86. The van der Waals surface area contributed by atoms with Crippen LogP contribution in [0.15, 0.2) is 18.2 Å². The third-order valence-corrected chi connectivity index (χ3v) is 2.91. The van der Waals surface area contributed by atoms with E-state index in [1.807, 2.05) is 0 Å². The minimum atomic E-state index is -0.970. The van der Waals surface area contributed by atoms with Crippen LogP contribution in [0, 0.1) is 0 Å². The first-order valence-electron chi connectivity index (χ1n) is 5.43. The Kier molecular flexibility index (Phi) is 5.44. The molecule has 1 N–H and O–H groups in total. The molecule has 0 radical (unpaired) electrons. The summed E-state index contributed by atoms with van der Waals surface area (Å²) < 4.78 is 0. The molecule has 0 spiro atoms. The minimum Gasteiger partial charge on any atom is -0.481 e. The topological polar surface area (TPSA) is 57.6 Å². The lowest BCUT2D eigenvalue weighted by atomic mass is 10.2. The van der Waals surface area contributed by atoms with Crippen LogP contribution in [0.1, 0.15) is 19.8 Å². The Labute approximate surface area is 115 Å². The van der Waals surface area contributed by atoms with Gasteiger partial charge >= 0.3 is 5.97 Å². The predicted molar refractivity (Wildman–Crippen MR) is 71.4 cm³/mol. The smallest absolute Gasteiger partial charge is 0.305 e. The van der Waals surface area contributed by atoms with Crippen molar-refractivity contribution in [2.75, 3.05) is 11.4 Å². The van der Waals surface area contributed by atoms with Crippen LogP contribution in [0.3, 0.4) is 0 Å². The van der Waals surface area contributed by atoms with Gasteiger partial charge in [0, 0.05) is 18.0 Å². The number of anilines is 1. The average molecular weight is 290 g/mol. The number of hydrogen-bond acceptors (Lipinski definition) is 2. The van der Waals surface area contributed by atoms with Crippen LogP contribution in [0.4, 0.5) is 5.69 Å². The summed E-state index contributed by atoms with van der Waals surface area (Å²) >= 11 is 11.9. The van der Waals surface area contributed by atoms with E-state index in [1.54, 1.807) is 25.1 Å². The highest BCUT2D eigenvalue weighted by atomic mass is 35.5. The third kappa shape index (κ3) is 3.89. The second kappa shape index (κ2) is 6.61. The number of halogens is 2. The van der Waals surface area contributed by atoms with Crippen LogP contribution in [0.5, 0.6) is 0 Å². The van der Waals surface area contributed by atoms with Gasteiger partial charge in [-0.3, -0.25) is 9.59 Å². The standard InChI is InChI=1S/C12H13Cl2NO3/c1-2-11(16)15(6-5-12(17)18)10-7-8(13)3-4-9(10)14/h3-4,7H,2,5-6H2,1H3,(H,17,18). The Morgan fingerprint density at radius 1 is 1.33 bits per heavy atom. The van der Waals surface area contributed by atoms with Crippen molar-refractivity contribution < 1.29 is 14.7 Å². The molecule has 1 aromatic carbocycles. The van der Waals surface area contributed by atoms with Gasteiger partial charge in [0.15, 0.2) is 0 Å². The van der Waals surface area contributed by atoms with E-state index in [0.29, 0.717) is 15.7 Å². The summed E-state index contributed by atoms with van der Waals surface area (Å²) in [6.45, 7) is 1.77. The molecule has 98 valence electrons. The molecule has 0 aliphatic rings. The lowest BCUT2D eigenvalue weighted by Crippen LogP contribution is -2.32. The van der Waals surface area contributed by atoms with Gasteiger partial charge in [-0.2, -0.15) is 0 Å². The number of hydrogen-bond donors (Lipinski definition) is 1. The molecule has 0 heterocycles. The predicted octanol–water partition coefficient (Wildman–Crippen LogP) is 3.21. The van der Waals surface area contributed by atoms with Crippen molar-refractivity contribution in [1.82, 2.24) is 0 Å². The van der Waals surface area contributed by atoms with Gasteiger partial charge in [-0.25, -0.2) is 0 Å². The van der Waals surface area contributed by atoms with Crippen molar-refractivity contribution in [3.05, 3.63) is 28.2 Å². The summed E-state index contributed by atoms with van der Waals surface area (Å²) in [7, 11) is 0. The average Bonchev–Trinajstić information content (AvgIpc) is 2.32. The molecule has 0 saturated heterocycles. The van der Waals surface area contributed by atoms with E-state index in [9.17, 15) is 9.59 Å². The van der Waals surface area contributed by atoms with Crippen LogP contribution in [-0.2, 0) is 9.59 Å². The van der Waals surface area contributed by atoms with Crippen molar-refractivity contribution in [2.24, 2.45) is 0 Å². The molecule has 1 rings (SSSR count). The van der Waals surface area contributed by atoms with Crippen molar-refractivity contribution >= 4 is 40.8 Å². The summed E-state index contributed by atoms with van der Waals surface area (Å²) in [6.07, 6.45) is 0.122. The van der Waals surface area contributed by atoms with Crippen molar-refractivity contribution in [3.8, 4) is 0 Å². The van der Waals surface area contributed by atoms with Crippen molar-refractivity contribution in [3.63, 3.8) is 0 Å². The largest absolute Gasteiger partial charge is 0.481 e. The Morgan fingerprint density at radius 3 is 2.56 bits per heavy atom. The van der Waals surface area contributed by atoms with Crippen LogP contribution in [0.2, 0.25) is 10.0 Å². The Hall–Kier alpha value is -1.26. The molecule has 0 atom stereocenters. The zero-order valence-electron chi connectivity index (χ0n) is 9.82. The molecule has 0 saturated carbocycles. The van der Waals surface area contributed by atoms with Gasteiger partial charge in [0.05, 0.1) is 17.1 Å². The van der Waals surface area contributed by atoms with E-state index >= 15 is 0 Å². The lowest BCUT2D eigenvalue weighted by Gasteiger charge is -2.23. The number of carbonyl (C=O) groups excluding carboxylic acids is 1. The summed E-state index contributed by atoms with van der Waals surface area (Å²) in [6, 6.07) is 4.74. The van der Waals surface area contributed by atoms with Gasteiger partial charge in [-0.15, -0.1) is 0 Å². The van der Waals surface area contributed by atoms with Gasteiger partial charge < -0.3 is 10.0 Å². The van der Waals surface area contributed by atoms with Gasteiger partial charge in [-0.1, -0.05) is 30.1 Å². The molecule has 0 unspecified atom stereocenters. The van der Waals surface area contributed by atoms with Gasteiger partial charge in [0.1, 0.15) is 0 Å². The molecule has 0 bridgehead atoms. The third-order valence-electron chi connectivity index (χ3n) is 2.35. The van der Waals surface area contributed by atoms with E-state index in [4.69, 9.17) is 28.3 Å². The summed E-state index contributed by atoms with van der Waals surface area (Å²) in [5.41, 5.74) is 0.442. The maximum Gasteiger partial charge on any atom is 0.305 e. The van der Waals surface area contributed by atoms with E-state index in [1.165, 1.54) is 4.90 Å². The molecule has 6 heteroatoms. The SMILES string of the molecule is CCC(=O)N(CCC(=O)O)c1cc(Cl)ccc1Cl. The molecule has 1 aromatic rings. The summed E-state index contributed by atoms with van der Waals surface area (Å²) in [5.74, 6) is -1.16. The maximum atomic E-state index is 11.8. The fourth-order valence-electron chi connectivity index (χ4n) is 1.47. The number of amides is 1. The number of benzene rings is 1. The molecule has 0 aliphatic carbocycles. The number of rotatable bonds is 5. The normalized spacial score (nSPS) is 10.2. The first-order valence-corrected chi connectivity index (χ1v) is 6.18. The highest BCUT2D eigenvalue weighted by Crippen LogP contribution is 2.29. The summed E-state index contributed by atoms with van der Waals surface area (Å²) in [4.78, 5) is 23.8. The van der Waals surface area contributed by atoms with Crippen LogP contribution in [-0.4, -0.2) is 23.5 Å². The molecule has 0 aromatic heterocycles. The molecular formula is C12H13Cl2NO3. The van der Waals surface area contributed by atoms with E-state index in [-0.39, 0.29) is 25.3 Å². The lowest BCUT2D eigenvalue weighted by molar-refractivity contribution is -0.136. The Balaban J connectivity index is 3.04. The Morgan fingerprint density at radius 2 is 2.00 bits per heavy atom. The number of carboxylic acids is 1. The second-order valence-corrected chi connectivity index (χ2v) is 4.48. The van der Waals surface area contributed by atoms with Gasteiger partial charge in [0.2, 0.25) is 5.91 Å². The number of carboxylic acid groups (broad SMARTS) is 1.